The molecule has 0 spiro atoms. The van der Waals surface area contributed by atoms with Crippen LogP contribution in [-0.4, -0.2) is 52.8 Å². The van der Waals surface area contributed by atoms with Gasteiger partial charge in [-0.3, -0.25) is 14.6 Å². The Labute approximate surface area is 175 Å². The Bertz CT molecular complexity index is 936. The van der Waals surface area contributed by atoms with E-state index in [0.29, 0.717) is 37.5 Å². The van der Waals surface area contributed by atoms with Gasteiger partial charge in [-0.1, -0.05) is 12.5 Å². The third kappa shape index (κ3) is 4.67. The van der Waals surface area contributed by atoms with Crippen LogP contribution in [0.25, 0.3) is 6.08 Å². The summed E-state index contributed by atoms with van der Waals surface area (Å²) >= 11 is 0. The van der Waals surface area contributed by atoms with Gasteiger partial charge in [0.25, 0.3) is 0 Å². The average molecular weight is 409 g/mol. The zero-order valence-corrected chi connectivity index (χ0v) is 16.7. The van der Waals surface area contributed by atoms with Gasteiger partial charge in [0.2, 0.25) is 11.8 Å². The van der Waals surface area contributed by atoms with E-state index < -0.39 is 5.82 Å². The summed E-state index contributed by atoms with van der Waals surface area (Å²) < 4.78 is 19.8. The zero-order valence-electron chi connectivity index (χ0n) is 16.7. The molecule has 2 heterocycles. The molecule has 4 rings (SSSR count). The fourth-order valence-corrected chi connectivity index (χ4v) is 3.57. The first-order valence-corrected chi connectivity index (χ1v) is 10.2. The van der Waals surface area contributed by atoms with Crippen LogP contribution in [0.2, 0.25) is 0 Å². The number of nitrogens with zero attached hydrogens (tertiary/aromatic N) is 3. The first kappa shape index (κ1) is 20.1. The van der Waals surface area contributed by atoms with Crippen molar-refractivity contribution in [2.24, 2.45) is 5.92 Å². The molecule has 6 nitrogen and oxygen atoms in total. The smallest absolute Gasteiger partial charge is 0.246 e. The molecule has 2 fully saturated rings. The molecule has 0 unspecified atom stereocenters. The Kier molecular flexibility index (Phi) is 6.07. The number of halogens is 1. The van der Waals surface area contributed by atoms with E-state index in [9.17, 15) is 14.0 Å². The number of ether oxygens (including phenoxy) is 1. The normalized spacial score (nSPS) is 17.1. The molecule has 0 N–H and O–H groups in total. The molecule has 1 aromatic carbocycles. The highest BCUT2D eigenvalue weighted by Crippen LogP contribution is 2.28. The molecule has 1 aliphatic carbocycles. The second-order valence-electron chi connectivity index (χ2n) is 7.59. The molecule has 0 radical (unpaired) electrons. The van der Waals surface area contributed by atoms with Gasteiger partial charge in [-0.25, -0.2) is 4.39 Å². The summed E-state index contributed by atoms with van der Waals surface area (Å²) in [7, 11) is 0. The van der Waals surface area contributed by atoms with Crippen LogP contribution in [0.1, 0.15) is 24.8 Å². The number of aromatic nitrogens is 1. The molecule has 2 amide bonds. The molecule has 1 saturated heterocycles. The lowest BCUT2D eigenvalue weighted by Crippen LogP contribution is -2.52. The summed E-state index contributed by atoms with van der Waals surface area (Å²) in [5.41, 5.74) is 0.568. The molecule has 1 aromatic heterocycles. The summed E-state index contributed by atoms with van der Waals surface area (Å²) in [6.45, 7) is 2.19. The van der Waals surface area contributed by atoms with Crippen molar-refractivity contribution >= 4 is 17.9 Å². The second kappa shape index (κ2) is 9.07. The summed E-state index contributed by atoms with van der Waals surface area (Å²) in [6.07, 6.45) is 9.26. The number of rotatable bonds is 5. The van der Waals surface area contributed by atoms with Crippen molar-refractivity contribution < 1.29 is 18.7 Å². The van der Waals surface area contributed by atoms with Crippen molar-refractivity contribution in [3.05, 3.63) is 60.2 Å². The summed E-state index contributed by atoms with van der Waals surface area (Å²) in [5.74, 6) is 0.307. The fraction of sp³-hybridized carbons (Fsp3) is 0.348. The number of pyridine rings is 1. The predicted molar refractivity (Wildman–Crippen MR) is 110 cm³/mol. The Morgan fingerprint density at radius 2 is 1.87 bits per heavy atom. The maximum atomic E-state index is 14.3. The number of hydrogen-bond acceptors (Lipinski definition) is 4. The lowest BCUT2D eigenvalue weighted by molar-refractivity contribution is -0.142. The van der Waals surface area contributed by atoms with Gasteiger partial charge in [0.1, 0.15) is 5.75 Å². The van der Waals surface area contributed by atoms with Crippen molar-refractivity contribution in [3.63, 3.8) is 0 Å². The van der Waals surface area contributed by atoms with Crippen molar-refractivity contribution in [2.45, 2.75) is 19.3 Å². The Morgan fingerprint density at radius 1 is 1.10 bits per heavy atom. The van der Waals surface area contributed by atoms with Crippen LogP contribution in [0.15, 0.2) is 48.8 Å². The topological polar surface area (TPSA) is 62.7 Å². The lowest BCUT2D eigenvalue weighted by Gasteiger charge is -2.37. The van der Waals surface area contributed by atoms with E-state index in [0.717, 1.165) is 19.3 Å². The summed E-state index contributed by atoms with van der Waals surface area (Å²) in [4.78, 5) is 32.3. The van der Waals surface area contributed by atoms with E-state index in [1.165, 1.54) is 24.4 Å². The standard InChI is InChI=1S/C23H24FN3O3/c24-20-15-17(6-8-21(20)30-19-5-2-10-25-16-19)7-9-22(28)26-11-13-27(14-12-26)23(29)18-3-1-4-18/h2,5-10,15-16,18H,1,3-4,11-14H2/b9-7+. The fourth-order valence-electron chi connectivity index (χ4n) is 3.57. The van der Waals surface area contributed by atoms with Gasteiger partial charge in [-0.2, -0.15) is 0 Å². The number of carbonyl (C=O) groups excluding carboxylic acids is 2. The molecule has 156 valence electrons. The van der Waals surface area contributed by atoms with Crippen LogP contribution in [0.5, 0.6) is 11.5 Å². The van der Waals surface area contributed by atoms with Gasteiger partial charge in [-0.05, 0) is 48.7 Å². The SMILES string of the molecule is O=C(/C=C/c1ccc(Oc2cccnc2)c(F)c1)N1CCN(C(=O)C2CCC2)CC1. The highest BCUT2D eigenvalue weighted by atomic mass is 19.1. The number of benzene rings is 1. The highest BCUT2D eigenvalue weighted by molar-refractivity contribution is 5.92. The number of hydrogen-bond donors (Lipinski definition) is 0. The minimum atomic E-state index is -0.517. The maximum Gasteiger partial charge on any atom is 0.246 e. The molecule has 7 heteroatoms. The van der Waals surface area contributed by atoms with E-state index >= 15 is 0 Å². The van der Waals surface area contributed by atoms with Gasteiger partial charge in [-0.15, -0.1) is 0 Å². The van der Waals surface area contributed by atoms with Crippen molar-refractivity contribution in [1.29, 1.82) is 0 Å². The quantitative estimate of drug-likeness (QED) is 0.709. The van der Waals surface area contributed by atoms with Crippen LogP contribution in [0.3, 0.4) is 0 Å². The minimum absolute atomic E-state index is 0.0960. The van der Waals surface area contributed by atoms with Crippen molar-refractivity contribution in [3.8, 4) is 11.5 Å². The van der Waals surface area contributed by atoms with Crippen molar-refractivity contribution in [2.75, 3.05) is 26.2 Å². The van der Waals surface area contributed by atoms with Crippen LogP contribution >= 0.6 is 0 Å². The highest BCUT2D eigenvalue weighted by Gasteiger charge is 2.31. The van der Waals surface area contributed by atoms with Gasteiger partial charge >= 0.3 is 0 Å². The monoisotopic (exact) mass is 409 g/mol. The Hall–Kier alpha value is -3.22. The molecule has 1 aliphatic heterocycles. The van der Waals surface area contributed by atoms with E-state index in [1.807, 2.05) is 4.90 Å². The first-order valence-electron chi connectivity index (χ1n) is 10.2. The van der Waals surface area contributed by atoms with E-state index in [4.69, 9.17) is 4.74 Å². The van der Waals surface area contributed by atoms with Crippen LogP contribution in [0.4, 0.5) is 4.39 Å². The molecule has 2 aliphatic rings. The number of amides is 2. The second-order valence-corrected chi connectivity index (χ2v) is 7.59. The van der Waals surface area contributed by atoms with Crippen molar-refractivity contribution in [1.82, 2.24) is 14.8 Å². The molecule has 0 bridgehead atoms. The summed E-state index contributed by atoms with van der Waals surface area (Å²) in [6, 6.07) is 7.94. The maximum absolute atomic E-state index is 14.3. The largest absolute Gasteiger partial charge is 0.453 e. The number of piperazine rings is 1. The predicted octanol–water partition coefficient (Wildman–Crippen LogP) is 3.50. The van der Waals surface area contributed by atoms with E-state index in [-0.39, 0.29) is 23.5 Å². The Morgan fingerprint density at radius 3 is 2.50 bits per heavy atom. The van der Waals surface area contributed by atoms with Crippen LogP contribution in [-0.2, 0) is 9.59 Å². The van der Waals surface area contributed by atoms with Gasteiger partial charge < -0.3 is 14.5 Å². The van der Waals surface area contributed by atoms with Crippen LogP contribution in [0, 0.1) is 11.7 Å². The van der Waals surface area contributed by atoms with E-state index in [1.54, 1.807) is 35.4 Å². The molecule has 0 atom stereocenters. The van der Waals surface area contributed by atoms with Gasteiger partial charge in [0.15, 0.2) is 11.6 Å². The molecule has 2 aromatic rings. The average Bonchev–Trinajstić information content (AvgIpc) is 2.73. The molecule has 1 saturated carbocycles. The summed E-state index contributed by atoms with van der Waals surface area (Å²) in [5, 5.41) is 0. The van der Waals surface area contributed by atoms with Gasteiger partial charge in [0.05, 0.1) is 6.20 Å². The zero-order chi connectivity index (χ0) is 20.9. The first-order chi connectivity index (χ1) is 14.6. The third-order valence-electron chi connectivity index (χ3n) is 5.59. The molecule has 30 heavy (non-hydrogen) atoms. The minimum Gasteiger partial charge on any atom is -0.453 e. The molecular weight excluding hydrogens is 385 g/mol. The lowest BCUT2D eigenvalue weighted by atomic mass is 9.84. The van der Waals surface area contributed by atoms with Crippen LogP contribution < -0.4 is 4.74 Å². The van der Waals surface area contributed by atoms with Gasteiger partial charge in [0, 0.05) is 44.4 Å². The third-order valence-corrected chi connectivity index (χ3v) is 5.59. The van der Waals surface area contributed by atoms with E-state index in [2.05, 4.69) is 4.98 Å². The molecular formula is C23H24FN3O3. The Balaban J connectivity index is 1.30. The number of carbonyl (C=O) groups is 2.